The molecule has 0 N–H and O–H groups in total. The molecule has 0 atom stereocenters. The molecular weight excluding hydrogens is 220 g/mol. The predicted octanol–water partition coefficient (Wildman–Crippen LogP) is 3.28. The van der Waals surface area contributed by atoms with Crippen LogP contribution in [0.2, 0.25) is 0 Å². The minimum atomic E-state index is 0.634. The average molecular weight is 236 g/mol. The summed E-state index contributed by atoms with van der Waals surface area (Å²) in [6.45, 7) is 2.16. The smallest absolute Gasteiger partial charge is 0.213 e. The second kappa shape index (κ2) is 5.34. The monoisotopic (exact) mass is 236 g/mol. The Bertz CT molecular complexity index is 371. The van der Waals surface area contributed by atoms with Crippen molar-refractivity contribution in [3.8, 4) is 5.88 Å². The maximum atomic E-state index is 5.02. The van der Waals surface area contributed by atoms with Crippen LogP contribution in [-0.4, -0.2) is 22.9 Å². The zero-order valence-electron chi connectivity index (χ0n) is 9.64. The van der Waals surface area contributed by atoms with Crippen molar-refractivity contribution >= 4 is 22.5 Å². The normalized spacial score (nSPS) is 16.2. The van der Waals surface area contributed by atoms with E-state index < -0.39 is 0 Å². The first-order valence-corrected chi connectivity index (χ1v) is 6.53. The fourth-order valence-electron chi connectivity index (χ4n) is 1.41. The molecule has 1 aromatic rings. The Morgan fingerprint density at radius 3 is 2.88 bits per heavy atom. The van der Waals surface area contributed by atoms with Gasteiger partial charge in [-0.25, -0.2) is 9.98 Å². The Morgan fingerprint density at radius 2 is 2.38 bits per heavy atom. The molecule has 1 fully saturated rings. The van der Waals surface area contributed by atoms with E-state index in [9.17, 15) is 0 Å². The Hall–Kier alpha value is -1.03. The van der Waals surface area contributed by atoms with E-state index in [0.717, 1.165) is 11.4 Å². The molecule has 0 aliphatic heterocycles. The van der Waals surface area contributed by atoms with Crippen LogP contribution in [0.15, 0.2) is 23.3 Å². The Kier molecular flexibility index (Phi) is 3.83. The van der Waals surface area contributed by atoms with Crippen molar-refractivity contribution in [2.24, 2.45) is 10.9 Å². The number of pyridine rings is 1. The third-order valence-corrected chi connectivity index (χ3v) is 3.40. The van der Waals surface area contributed by atoms with Crippen LogP contribution in [0.5, 0.6) is 5.88 Å². The van der Waals surface area contributed by atoms with E-state index in [4.69, 9.17) is 4.74 Å². The number of thioether (sulfide) groups is 1. The fourth-order valence-corrected chi connectivity index (χ4v) is 2.34. The van der Waals surface area contributed by atoms with E-state index in [1.165, 1.54) is 17.9 Å². The highest BCUT2D eigenvalue weighted by Gasteiger charge is 2.27. The van der Waals surface area contributed by atoms with Crippen LogP contribution < -0.4 is 4.74 Å². The maximum Gasteiger partial charge on any atom is 0.213 e. The molecule has 4 heteroatoms. The fraction of sp³-hybridized carbons (Fsp3) is 0.500. The molecule has 1 heterocycles. The van der Waals surface area contributed by atoms with Crippen molar-refractivity contribution in [2.75, 3.05) is 12.9 Å². The van der Waals surface area contributed by atoms with Gasteiger partial charge in [-0.05, 0) is 24.7 Å². The first-order chi connectivity index (χ1) is 7.83. The summed E-state index contributed by atoms with van der Waals surface area (Å²) in [5.74, 6) is 2.42. The highest BCUT2D eigenvalue weighted by Crippen LogP contribution is 2.36. The standard InChI is InChI=1S/C12H16N2OS/c1-3-16-12(9-4-5-9)14-10-6-7-11(15-2)13-8-10/h6-9H,3-5H2,1-2H3. The second-order valence-corrected chi connectivity index (χ2v) is 5.00. The van der Waals surface area contributed by atoms with Gasteiger partial charge in [0.05, 0.1) is 24.0 Å². The molecule has 0 bridgehead atoms. The lowest BCUT2D eigenvalue weighted by atomic mass is 10.4. The SMILES string of the molecule is CCSC(=Nc1ccc(OC)nc1)C1CC1. The highest BCUT2D eigenvalue weighted by atomic mass is 32.2. The quantitative estimate of drug-likeness (QED) is 0.594. The molecule has 0 saturated heterocycles. The molecule has 0 aromatic carbocycles. The molecule has 1 aliphatic rings. The van der Waals surface area contributed by atoms with E-state index >= 15 is 0 Å². The third-order valence-electron chi connectivity index (χ3n) is 2.39. The molecule has 1 aliphatic carbocycles. The van der Waals surface area contributed by atoms with E-state index in [1.54, 1.807) is 13.3 Å². The van der Waals surface area contributed by atoms with Gasteiger partial charge >= 0.3 is 0 Å². The number of methoxy groups -OCH3 is 1. The molecule has 2 rings (SSSR count). The second-order valence-electron chi connectivity index (χ2n) is 3.72. The maximum absolute atomic E-state index is 5.02. The van der Waals surface area contributed by atoms with Crippen molar-refractivity contribution in [1.82, 2.24) is 4.98 Å². The van der Waals surface area contributed by atoms with E-state index in [1.807, 2.05) is 23.9 Å². The lowest BCUT2D eigenvalue weighted by Gasteiger charge is -2.03. The van der Waals surface area contributed by atoms with Crippen molar-refractivity contribution in [3.63, 3.8) is 0 Å². The Morgan fingerprint density at radius 1 is 1.56 bits per heavy atom. The summed E-state index contributed by atoms with van der Waals surface area (Å²) >= 11 is 1.84. The van der Waals surface area contributed by atoms with Crippen molar-refractivity contribution < 1.29 is 4.74 Å². The van der Waals surface area contributed by atoms with E-state index in [0.29, 0.717) is 11.8 Å². The van der Waals surface area contributed by atoms with Crippen LogP contribution in [0.25, 0.3) is 0 Å². The van der Waals surface area contributed by atoms with E-state index in [-0.39, 0.29) is 0 Å². The largest absolute Gasteiger partial charge is 0.481 e. The zero-order chi connectivity index (χ0) is 11.4. The summed E-state index contributed by atoms with van der Waals surface area (Å²) in [7, 11) is 1.62. The van der Waals surface area contributed by atoms with E-state index in [2.05, 4.69) is 16.9 Å². The molecule has 0 spiro atoms. The number of hydrogen-bond donors (Lipinski definition) is 0. The van der Waals surface area contributed by atoms with Crippen LogP contribution >= 0.6 is 11.8 Å². The van der Waals surface area contributed by atoms with Gasteiger partial charge in [-0.1, -0.05) is 6.92 Å². The van der Waals surface area contributed by atoms with Gasteiger partial charge < -0.3 is 4.74 Å². The molecule has 0 unspecified atom stereocenters. The molecule has 1 aromatic heterocycles. The number of nitrogens with zero attached hydrogens (tertiary/aromatic N) is 2. The lowest BCUT2D eigenvalue weighted by Crippen LogP contribution is -1.95. The number of rotatable bonds is 4. The van der Waals surface area contributed by atoms with Crippen LogP contribution in [0.4, 0.5) is 5.69 Å². The van der Waals surface area contributed by atoms with Gasteiger partial charge in [-0.2, -0.15) is 0 Å². The minimum Gasteiger partial charge on any atom is -0.481 e. The van der Waals surface area contributed by atoms with Crippen LogP contribution in [0, 0.1) is 5.92 Å². The molecule has 3 nitrogen and oxygen atoms in total. The van der Waals surface area contributed by atoms with Crippen LogP contribution in [0.3, 0.4) is 0 Å². The summed E-state index contributed by atoms with van der Waals surface area (Å²) in [5.41, 5.74) is 0.920. The third kappa shape index (κ3) is 2.98. The van der Waals surface area contributed by atoms with Crippen molar-refractivity contribution in [3.05, 3.63) is 18.3 Å². The van der Waals surface area contributed by atoms with Gasteiger partial charge in [0, 0.05) is 12.0 Å². The Labute approximate surface area is 100 Å². The molecule has 86 valence electrons. The van der Waals surface area contributed by atoms with Gasteiger partial charge in [0.25, 0.3) is 0 Å². The highest BCUT2D eigenvalue weighted by molar-refractivity contribution is 8.14. The minimum absolute atomic E-state index is 0.634. The van der Waals surface area contributed by atoms with Gasteiger partial charge in [0.15, 0.2) is 0 Å². The number of aliphatic imine (C=N–C) groups is 1. The first-order valence-electron chi connectivity index (χ1n) is 5.55. The summed E-state index contributed by atoms with van der Waals surface area (Å²) in [6.07, 6.45) is 4.34. The van der Waals surface area contributed by atoms with Crippen LogP contribution in [0.1, 0.15) is 19.8 Å². The van der Waals surface area contributed by atoms with Crippen molar-refractivity contribution in [1.29, 1.82) is 0 Å². The molecule has 16 heavy (non-hydrogen) atoms. The number of aromatic nitrogens is 1. The summed E-state index contributed by atoms with van der Waals surface area (Å²) in [4.78, 5) is 8.80. The lowest BCUT2D eigenvalue weighted by molar-refractivity contribution is 0.398. The topological polar surface area (TPSA) is 34.5 Å². The average Bonchev–Trinajstić information content (AvgIpc) is 3.13. The van der Waals surface area contributed by atoms with Gasteiger partial charge in [-0.15, -0.1) is 11.8 Å². The summed E-state index contributed by atoms with van der Waals surface area (Å²) < 4.78 is 5.02. The van der Waals surface area contributed by atoms with Crippen LogP contribution in [-0.2, 0) is 0 Å². The molecular formula is C12H16N2OS. The molecule has 1 saturated carbocycles. The number of hydrogen-bond acceptors (Lipinski definition) is 4. The van der Waals surface area contributed by atoms with Gasteiger partial charge in [-0.3, -0.25) is 0 Å². The number of ether oxygens (including phenoxy) is 1. The molecule has 0 radical (unpaired) electrons. The summed E-state index contributed by atoms with van der Waals surface area (Å²) in [5, 5.41) is 1.26. The van der Waals surface area contributed by atoms with Crippen molar-refractivity contribution in [2.45, 2.75) is 19.8 Å². The zero-order valence-corrected chi connectivity index (χ0v) is 10.5. The van der Waals surface area contributed by atoms with Gasteiger partial charge in [0.2, 0.25) is 5.88 Å². The predicted molar refractivity (Wildman–Crippen MR) is 68.7 cm³/mol. The first kappa shape index (κ1) is 11.5. The van der Waals surface area contributed by atoms with Gasteiger partial charge in [0.1, 0.15) is 0 Å². The summed E-state index contributed by atoms with van der Waals surface area (Å²) in [6, 6.07) is 3.80. The Balaban J connectivity index is 2.12. The molecule has 0 amide bonds.